The minimum Gasteiger partial charge on any atom is -0.355 e. The van der Waals surface area contributed by atoms with E-state index in [0.717, 1.165) is 19.5 Å². The van der Waals surface area contributed by atoms with E-state index >= 15 is 0 Å². The lowest BCUT2D eigenvalue weighted by atomic mass is 10.00. The third-order valence-corrected chi connectivity index (χ3v) is 8.36. The van der Waals surface area contributed by atoms with E-state index in [9.17, 15) is 4.79 Å². The van der Waals surface area contributed by atoms with E-state index in [1.807, 2.05) is 23.5 Å². The summed E-state index contributed by atoms with van der Waals surface area (Å²) in [4.78, 5) is 16.0. The summed E-state index contributed by atoms with van der Waals surface area (Å²) in [5, 5.41) is 4.30. The van der Waals surface area contributed by atoms with Crippen LogP contribution in [0.2, 0.25) is 0 Å². The number of nitrogens with one attached hydrogen (secondary N) is 1. The molecule has 0 heterocycles. The number of rotatable bonds is 9. The highest BCUT2D eigenvalue weighted by Gasteiger charge is 2.30. The van der Waals surface area contributed by atoms with Gasteiger partial charge in [0.2, 0.25) is 5.91 Å². The van der Waals surface area contributed by atoms with Crippen LogP contribution in [0, 0.1) is 13.8 Å². The van der Waals surface area contributed by atoms with Crippen LogP contribution in [-0.2, 0) is 4.79 Å². The normalized spacial score (nSPS) is 21.3. The fourth-order valence-corrected chi connectivity index (χ4v) is 6.54. The molecule has 0 bridgehead atoms. The molecule has 0 saturated heterocycles. The first kappa shape index (κ1) is 22.6. The third-order valence-electron chi connectivity index (χ3n) is 5.09. The van der Waals surface area contributed by atoms with Crippen molar-refractivity contribution in [1.29, 1.82) is 0 Å². The van der Waals surface area contributed by atoms with Gasteiger partial charge in [0.1, 0.15) is 0 Å². The van der Waals surface area contributed by atoms with E-state index in [1.54, 1.807) is 0 Å². The molecule has 3 atom stereocenters. The van der Waals surface area contributed by atoms with Crippen LogP contribution in [0.4, 0.5) is 0 Å². The van der Waals surface area contributed by atoms with Crippen molar-refractivity contribution >= 4 is 29.4 Å². The number of carbonyl (C=O) groups is 1. The van der Waals surface area contributed by atoms with Crippen LogP contribution >= 0.6 is 23.5 Å². The van der Waals surface area contributed by atoms with Gasteiger partial charge in [-0.15, -0.1) is 23.5 Å². The SMILES string of the molecule is Cc1ccc(C)c(SC2CCCCC2SC(C)C(=O)NCCCN(C)C)c1. The Morgan fingerprint density at radius 1 is 1.22 bits per heavy atom. The van der Waals surface area contributed by atoms with Gasteiger partial charge in [-0.2, -0.15) is 0 Å². The van der Waals surface area contributed by atoms with E-state index in [2.05, 4.69) is 63.3 Å². The summed E-state index contributed by atoms with van der Waals surface area (Å²) in [5.74, 6) is 0.194. The first-order valence-electron chi connectivity index (χ1n) is 10.2. The van der Waals surface area contributed by atoms with Crippen molar-refractivity contribution < 1.29 is 4.79 Å². The molecule has 2 rings (SSSR count). The van der Waals surface area contributed by atoms with E-state index < -0.39 is 0 Å². The highest BCUT2D eigenvalue weighted by atomic mass is 32.2. The molecule has 0 radical (unpaired) electrons. The fraction of sp³-hybridized carbons (Fsp3) is 0.682. The zero-order valence-electron chi connectivity index (χ0n) is 17.6. The van der Waals surface area contributed by atoms with Crippen LogP contribution in [0.25, 0.3) is 0 Å². The predicted octanol–water partition coefficient (Wildman–Crippen LogP) is 4.90. The molecule has 5 heteroatoms. The van der Waals surface area contributed by atoms with Gasteiger partial charge in [-0.25, -0.2) is 0 Å². The van der Waals surface area contributed by atoms with Gasteiger partial charge in [0.05, 0.1) is 5.25 Å². The minimum absolute atomic E-state index is 0.0224. The Hall–Kier alpha value is -0.650. The average molecular weight is 409 g/mol. The highest BCUT2D eigenvalue weighted by Crippen LogP contribution is 2.41. The molecular formula is C22H36N2OS2. The molecule has 27 heavy (non-hydrogen) atoms. The zero-order chi connectivity index (χ0) is 19.8. The third kappa shape index (κ3) is 7.71. The molecular weight excluding hydrogens is 372 g/mol. The summed E-state index contributed by atoms with van der Waals surface area (Å²) in [6.45, 7) is 8.22. The Labute approximate surface area is 174 Å². The lowest BCUT2D eigenvalue weighted by molar-refractivity contribution is -0.120. The lowest BCUT2D eigenvalue weighted by Crippen LogP contribution is -2.35. The van der Waals surface area contributed by atoms with Crippen molar-refractivity contribution in [2.75, 3.05) is 27.2 Å². The van der Waals surface area contributed by atoms with Crippen molar-refractivity contribution in [3.8, 4) is 0 Å². The van der Waals surface area contributed by atoms with Crippen LogP contribution in [0.15, 0.2) is 23.1 Å². The van der Waals surface area contributed by atoms with Crippen LogP contribution < -0.4 is 5.32 Å². The molecule has 1 N–H and O–H groups in total. The van der Waals surface area contributed by atoms with Crippen LogP contribution in [0.1, 0.15) is 50.2 Å². The number of hydrogen-bond donors (Lipinski definition) is 1. The quantitative estimate of drug-likeness (QED) is 0.589. The number of benzene rings is 1. The van der Waals surface area contributed by atoms with Crippen LogP contribution in [0.3, 0.4) is 0 Å². The Morgan fingerprint density at radius 2 is 1.93 bits per heavy atom. The topological polar surface area (TPSA) is 32.3 Å². The Kier molecular flexibility index (Phi) is 9.54. The number of amides is 1. The van der Waals surface area contributed by atoms with Gasteiger partial charge in [0.15, 0.2) is 0 Å². The van der Waals surface area contributed by atoms with Gasteiger partial charge in [-0.05, 0) is 72.3 Å². The molecule has 1 saturated carbocycles. The van der Waals surface area contributed by atoms with Gasteiger partial charge in [-0.3, -0.25) is 4.79 Å². The van der Waals surface area contributed by atoms with Crippen molar-refractivity contribution in [3.05, 3.63) is 29.3 Å². The predicted molar refractivity (Wildman–Crippen MR) is 121 cm³/mol. The average Bonchev–Trinajstić information content (AvgIpc) is 2.63. The van der Waals surface area contributed by atoms with Gasteiger partial charge >= 0.3 is 0 Å². The van der Waals surface area contributed by atoms with E-state index in [0.29, 0.717) is 10.5 Å². The maximum Gasteiger partial charge on any atom is 0.232 e. The van der Waals surface area contributed by atoms with E-state index in [-0.39, 0.29) is 11.2 Å². The highest BCUT2D eigenvalue weighted by molar-refractivity contribution is 8.04. The molecule has 0 spiro atoms. The number of hydrogen-bond acceptors (Lipinski definition) is 4. The van der Waals surface area contributed by atoms with Crippen molar-refractivity contribution in [2.24, 2.45) is 0 Å². The zero-order valence-corrected chi connectivity index (χ0v) is 19.2. The molecule has 0 aromatic heterocycles. The largest absolute Gasteiger partial charge is 0.355 e. The first-order valence-corrected chi connectivity index (χ1v) is 12.0. The summed E-state index contributed by atoms with van der Waals surface area (Å²) in [6.07, 6.45) is 6.09. The standard InChI is InChI=1S/C22H36N2OS2/c1-16-11-12-17(2)21(15-16)27-20-10-7-6-9-19(20)26-18(3)22(25)23-13-8-14-24(4)5/h11-12,15,18-20H,6-10,13-14H2,1-5H3,(H,23,25). The minimum atomic E-state index is 0.0224. The molecule has 1 aliphatic carbocycles. The molecule has 3 nitrogen and oxygen atoms in total. The Bertz CT molecular complexity index is 606. The second-order valence-electron chi connectivity index (χ2n) is 7.97. The summed E-state index contributed by atoms with van der Waals surface area (Å²) in [5.41, 5.74) is 2.69. The summed E-state index contributed by atoms with van der Waals surface area (Å²) < 4.78 is 0. The van der Waals surface area contributed by atoms with Crippen molar-refractivity contribution in [2.45, 2.75) is 73.5 Å². The second kappa shape index (κ2) is 11.4. The molecule has 152 valence electrons. The Morgan fingerprint density at radius 3 is 2.63 bits per heavy atom. The van der Waals surface area contributed by atoms with Gasteiger partial charge in [-0.1, -0.05) is 30.5 Å². The van der Waals surface area contributed by atoms with Gasteiger partial charge in [0, 0.05) is 21.9 Å². The molecule has 1 fully saturated rings. The molecule has 0 aliphatic heterocycles. The fourth-order valence-electron chi connectivity index (χ4n) is 3.43. The summed E-state index contributed by atoms with van der Waals surface area (Å²) in [6, 6.07) is 6.73. The van der Waals surface area contributed by atoms with Crippen LogP contribution in [-0.4, -0.2) is 53.7 Å². The van der Waals surface area contributed by atoms with Crippen LogP contribution in [0.5, 0.6) is 0 Å². The Balaban J connectivity index is 1.88. The van der Waals surface area contributed by atoms with Crippen molar-refractivity contribution in [1.82, 2.24) is 10.2 Å². The van der Waals surface area contributed by atoms with E-state index in [1.165, 1.54) is 41.7 Å². The monoisotopic (exact) mass is 408 g/mol. The number of aryl methyl sites for hydroxylation is 2. The number of carbonyl (C=O) groups excluding carboxylic acids is 1. The molecule has 1 aliphatic rings. The van der Waals surface area contributed by atoms with Gasteiger partial charge in [0.25, 0.3) is 0 Å². The smallest absolute Gasteiger partial charge is 0.232 e. The number of thioether (sulfide) groups is 2. The number of nitrogens with zero attached hydrogens (tertiary/aromatic N) is 1. The molecule has 3 unspecified atom stereocenters. The lowest BCUT2D eigenvalue weighted by Gasteiger charge is -2.32. The molecule has 1 aromatic carbocycles. The maximum atomic E-state index is 12.5. The summed E-state index contributed by atoms with van der Waals surface area (Å²) in [7, 11) is 4.13. The first-order chi connectivity index (χ1) is 12.9. The maximum absolute atomic E-state index is 12.5. The summed E-state index contributed by atoms with van der Waals surface area (Å²) >= 11 is 3.92. The van der Waals surface area contributed by atoms with Crippen molar-refractivity contribution in [3.63, 3.8) is 0 Å². The molecule has 1 amide bonds. The second-order valence-corrected chi connectivity index (χ2v) is 10.8. The molecule has 1 aromatic rings. The van der Waals surface area contributed by atoms with E-state index in [4.69, 9.17) is 0 Å². The van der Waals surface area contributed by atoms with Gasteiger partial charge < -0.3 is 10.2 Å².